The predicted molar refractivity (Wildman–Crippen MR) is 84.1 cm³/mol. The fourth-order valence-electron chi connectivity index (χ4n) is 2.33. The van der Waals surface area contributed by atoms with Crippen LogP contribution >= 0.6 is 28.3 Å². The Labute approximate surface area is 129 Å². The van der Waals surface area contributed by atoms with Gasteiger partial charge in [0.1, 0.15) is 0 Å². The highest BCUT2D eigenvalue weighted by atomic mass is 79.9. The standard InChI is InChI=1S/C14H19BrN2O.ClH/c1-9-6-12(15)4-5-13(9)14(18)17-8-10(2)16-7-11(17)3;/h4-6,10-11,16H,7-8H2,1-3H3;1H. The smallest absolute Gasteiger partial charge is 0.254 e. The lowest BCUT2D eigenvalue weighted by atomic mass is 10.0. The van der Waals surface area contributed by atoms with Crippen molar-refractivity contribution in [2.75, 3.05) is 13.1 Å². The molecule has 19 heavy (non-hydrogen) atoms. The van der Waals surface area contributed by atoms with Crippen LogP contribution in [0.25, 0.3) is 0 Å². The molecule has 2 rings (SSSR count). The van der Waals surface area contributed by atoms with Crippen molar-refractivity contribution in [3.63, 3.8) is 0 Å². The van der Waals surface area contributed by atoms with Gasteiger partial charge in [0.25, 0.3) is 5.91 Å². The maximum atomic E-state index is 12.6. The van der Waals surface area contributed by atoms with Crippen LogP contribution in [0.2, 0.25) is 0 Å². The van der Waals surface area contributed by atoms with Crippen LogP contribution in [0, 0.1) is 6.92 Å². The van der Waals surface area contributed by atoms with Crippen LogP contribution in [0.4, 0.5) is 0 Å². The quantitative estimate of drug-likeness (QED) is 0.847. The van der Waals surface area contributed by atoms with Gasteiger partial charge in [0.05, 0.1) is 0 Å². The number of carbonyl (C=O) groups excluding carboxylic acids is 1. The molecule has 106 valence electrons. The molecular weight excluding hydrogens is 328 g/mol. The van der Waals surface area contributed by atoms with Crippen LogP contribution in [0.3, 0.4) is 0 Å². The van der Waals surface area contributed by atoms with Gasteiger partial charge in [-0.05, 0) is 44.5 Å². The lowest BCUT2D eigenvalue weighted by molar-refractivity contribution is 0.0615. The van der Waals surface area contributed by atoms with Gasteiger partial charge in [-0.3, -0.25) is 4.79 Å². The molecule has 5 heteroatoms. The first-order valence-electron chi connectivity index (χ1n) is 6.29. The van der Waals surface area contributed by atoms with Crippen LogP contribution in [0.1, 0.15) is 29.8 Å². The number of piperazine rings is 1. The SMILES string of the molecule is Cc1cc(Br)ccc1C(=O)N1CC(C)NCC1C.Cl. The fraction of sp³-hybridized carbons (Fsp3) is 0.500. The van der Waals surface area contributed by atoms with E-state index in [9.17, 15) is 4.79 Å². The molecular formula is C14H20BrClN2O. The van der Waals surface area contributed by atoms with E-state index in [1.807, 2.05) is 30.0 Å². The summed E-state index contributed by atoms with van der Waals surface area (Å²) in [5.41, 5.74) is 1.83. The number of aryl methyl sites for hydroxylation is 1. The van der Waals surface area contributed by atoms with Gasteiger partial charge in [0.2, 0.25) is 0 Å². The molecule has 1 heterocycles. The summed E-state index contributed by atoms with van der Waals surface area (Å²) in [6.45, 7) is 7.82. The van der Waals surface area contributed by atoms with E-state index in [-0.39, 0.29) is 24.4 Å². The zero-order valence-electron chi connectivity index (χ0n) is 11.4. The van der Waals surface area contributed by atoms with E-state index in [4.69, 9.17) is 0 Å². The Hall–Kier alpha value is -0.580. The second-order valence-corrected chi connectivity index (χ2v) is 5.99. The summed E-state index contributed by atoms with van der Waals surface area (Å²) in [7, 11) is 0. The highest BCUT2D eigenvalue weighted by Gasteiger charge is 2.27. The highest BCUT2D eigenvalue weighted by molar-refractivity contribution is 9.10. The first-order chi connectivity index (χ1) is 8.49. The summed E-state index contributed by atoms with van der Waals surface area (Å²) in [4.78, 5) is 14.5. The third-order valence-corrected chi connectivity index (χ3v) is 3.94. The van der Waals surface area contributed by atoms with Crippen molar-refractivity contribution in [3.05, 3.63) is 33.8 Å². The second-order valence-electron chi connectivity index (χ2n) is 5.08. The van der Waals surface area contributed by atoms with E-state index in [1.165, 1.54) is 0 Å². The van der Waals surface area contributed by atoms with Crippen molar-refractivity contribution in [2.45, 2.75) is 32.9 Å². The van der Waals surface area contributed by atoms with Gasteiger partial charge < -0.3 is 10.2 Å². The van der Waals surface area contributed by atoms with Crippen LogP contribution in [0.5, 0.6) is 0 Å². The van der Waals surface area contributed by atoms with Crippen molar-refractivity contribution in [1.29, 1.82) is 0 Å². The van der Waals surface area contributed by atoms with E-state index in [0.717, 1.165) is 28.7 Å². The molecule has 2 unspecified atom stereocenters. The third kappa shape index (κ3) is 3.71. The normalized spacial score (nSPS) is 22.8. The Morgan fingerprint density at radius 1 is 1.42 bits per heavy atom. The number of nitrogens with zero attached hydrogens (tertiary/aromatic N) is 1. The Kier molecular flexibility index (Phi) is 5.83. The molecule has 1 aromatic carbocycles. The largest absolute Gasteiger partial charge is 0.333 e. The molecule has 3 nitrogen and oxygen atoms in total. The second kappa shape index (κ2) is 6.73. The van der Waals surface area contributed by atoms with Crippen LogP contribution in [-0.2, 0) is 0 Å². The molecule has 2 atom stereocenters. The average Bonchev–Trinajstić information content (AvgIpc) is 2.31. The molecule has 0 saturated carbocycles. The molecule has 1 aliphatic heterocycles. The van der Waals surface area contributed by atoms with Crippen molar-refractivity contribution in [1.82, 2.24) is 10.2 Å². The van der Waals surface area contributed by atoms with Crippen molar-refractivity contribution in [3.8, 4) is 0 Å². The number of hydrogen-bond donors (Lipinski definition) is 1. The number of halogens is 2. The topological polar surface area (TPSA) is 32.3 Å². The molecule has 1 amide bonds. The Morgan fingerprint density at radius 2 is 2.11 bits per heavy atom. The minimum Gasteiger partial charge on any atom is -0.333 e. The number of carbonyl (C=O) groups is 1. The maximum absolute atomic E-state index is 12.6. The predicted octanol–water partition coefficient (Wildman–Crippen LogP) is 3.00. The molecule has 0 spiro atoms. The molecule has 1 fully saturated rings. The Balaban J connectivity index is 0.00000180. The van der Waals surface area contributed by atoms with Gasteiger partial charge in [-0.1, -0.05) is 15.9 Å². The lowest BCUT2D eigenvalue weighted by Gasteiger charge is -2.37. The van der Waals surface area contributed by atoms with Gasteiger partial charge >= 0.3 is 0 Å². The van der Waals surface area contributed by atoms with Crippen LogP contribution in [0.15, 0.2) is 22.7 Å². The molecule has 1 aromatic rings. The summed E-state index contributed by atoms with van der Waals surface area (Å²) in [5.74, 6) is 0.140. The number of hydrogen-bond acceptors (Lipinski definition) is 2. The number of nitrogens with one attached hydrogen (secondary N) is 1. The lowest BCUT2D eigenvalue weighted by Crippen LogP contribution is -2.56. The van der Waals surface area contributed by atoms with Gasteiger partial charge in [-0.2, -0.15) is 0 Å². The molecule has 0 radical (unpaired) electrons. The van der Waals surface area contributed by atoms with Gasteiger partial charge in [-0.25, -0.2) is 0 Å². The third-order valence-electron chi connectivity index (χ3n) is 3.44. The summed E-state index contributed by atoms with van der Waals surface area (Å²) >= 11 is 3.43. The molecule has 0 aromatic heterocycles. The number of benzene rings is 1. The summed E-state index contributed by atoms with van der Waals surface area (Å²) in [6, 6.07) is 6.43. The first kappa shape index (κ1) is 16.5. The molecule has 1 saturated heterocycles. The Bertz CT molecular complexity index is 467. The summed E-state index contributed by atoms with van der Waals surface area (Å²) in [5, 5.41) is 3.39. The molecule has 1 N–H and O–H groups in total. The van der Waals surface area contributed by atoms with E-state index in [1.54, 1.807) is 0 Å². The zero-order valence-corrected chi connectivity index (χ0v) is 13.8. The van der Waals surface area contributed by atoms with Gasteiger partial charge in [0.15, 0.2) is 0 Å². The number of rotatable bonds is 1. The van der Waals surface area contributed by atoms with E-state index < -0.39 is 0 Å². The molecule has 1 aliphatic rings. The average molecular weight is 348 g/mol. The highest BCUT2D eigenvalue weighted by Crippen LogP contribution is 2.19. The minimum absolute atomic E-state index is 0. The first-order valence-corrected chi connectivity index (χ1v) is 7.09. The van der Waals surface area contributed by atoms with E-state index in [0.29, 0.717) is 6.04 Å². The Morgan fingerprint density at radius 3 is 2.74 bits per heavy atom. The van der Waals surface area contributed by atoms with Crippen molar-refractivity contribution in [2.24, 2.45) is 0 Å². The van der Waals surface area contributed by atoms with Crippen LogP contribution < -0.4 is 5.32 Å². The number of amides is 1. The van der Waals surface area contributed by atoms with Crippen molar-refractivity contribution < 1.29 is 4.79 Å². The van der Waals surface area contributed by atoms with Crippen LogP contribution in [-0.4, -0.2) is 36.0 Å². The van der Waals surface area contributed by atoms with E-state index in [2.05, 4.69) is 35.1 Å². The fourth-order valence-corrected chi connectivity index (χ4v) is 2.80. The summed E-state index contributed by atoms with van der Waals surface area (Å²) in [6.07, 6.45) is 0. The minimum atomic E-state index is 0. The summed E-state index contributed by atoms with van der Waals surface area (Å²) < 4.78 is 1.01. The molecule has 0 bridgehead atoms. The zero-order chi connectivity index (χ0) is 13.3. The van der Waals surface area contributed by atoms with Gasteiger partial charge in [0, 0.05) is 35.2 Å². The monoisotopic (exact) mass is 346 g/mol. The van der Waals surface area contributed by atoms with Crippen molar-refractivity contribution >= 4 is 34.2 Å². The maximum Gasteiger partial charge on any atom is 0.254 e. The van der Waals surface area contributed by atoms with E-state index >= 15 is 0 Å². The molecule has 0 aliphatic carbocycles. The van der Waals surface area contributed by atoms with Gasteiger partial charge in [-0.15, -0.1) is 12.4 Å².